The Morgan fingerprint density at radius 3 is 2.65 bits per heavy atom. The van der Waals surface area contributed by atoms with Crippen LogP contribution >= 0.6 is 11.6 Å². The standard InChI is InChI=1S/C14H15ClN4O/c1-9(10-2-4-12(15)5-3-10)18-14(20)11-6-7-17-13(8-11)19-16/h2-9H,16H2,1H3,(H,17,19)(H,18,20). The lowest BCUT2D eigenvalue weighted by Gasteiger charge is -2.14. The van der Waals surface area contributed by atoms with Crippen LogP contribution in [0, 0.1) is 0 Å². The van der Waals surface area contributed by atoms with Crippen molar-refractivity contribution < 1.29 is 4.79 Å². The average molecular weight is 291 g/mol. The van der Waals surface area contributed by atoms with Gasteiger partial charge in [0.05, 0.1) is 6.04 Å². The van der Waals surface area contributed by atoms with Crippen molar-refractivity contribution in [2.24, 2.45) is 5.84 Å². The minimum atomic E-state index is -0.189. The molecule has 2 rings (SSSR count). The maximum atomic E-state index is 12.1. The number of nitrogens with zero attached hydrogens (tertiary/aromatic N) is 1. The molecule has 5 nitrogen and oxygen atoms in total. The first-order valence-corrected chi connectivity index (χ1v) is 6.47. The molecule has 1 unspecified atom stereocenters. The van der Waals surface area contributed by atoms with Crippen LogP contribution in [0.15, 0.2) is 42.6 Å². The minimum absolute atomic E-state index is 0.123. The first-order chi connectivity index (χ1) is 9.60. The Bertz CT molecular complexity index is 600. The second kappa shape index (κ2) is 6.36. The molecule has 2 aromatic rings. The molecule has 1 aromatic carbocycles. The lowest BCUT2D eigenvalue weighted by Crippen LogP contribution is -2.26. The molecular formula is C14H15ClN4O. The molecule has 0 aliphatic carbocycles. The van der Waals surface area contributed by atoms with E-state index < -0.39 is 0 Å². The van der Waals surface area contributed by atoms with Crippen LogP contribution in [-0.2, 0) is 0 Å². The first kappa shape index (κ1) is 14.3. The largest absolute Gasteiger partial charge is 0.346 e. The van der Waals surface area contributed by atoms with Crippen LogP contribution in [0.3, 0.4) is 0 Å². The van der Waals surface area contributed by atoms with Gasteiger partial charge in [-0.3, -0.25) is 4.79 Å². The van der Waals surface area contributed by atoms with Gasteiger partial charge in [-0.15, -0.1) is 0 Å². The Balaban J connectivity index is 2.08. The molecule has 1 aromatic heterocycles. The highest BCUT2D eigenvalue weighted by Crippen LogP contribution is 2.16. The molecule has 0 saturated carbocycles. The molecule has 1 heterocycles. The molecule has 104 valence electrons. The molecule has 1 atom stereocenters. The number of hydrazine groups is 1. The van der Waals surface area contributed by atoms with Crippen molar-refractivity contribution in [1.29, 1.82) is 0 Å². The third kappa shape index (κ3) is 3.46. The van der Waals surface area contributed by atoms with Gasteiger partial charge in [0.2, 0.25) is 0 Å². The summed E-state index contributed by atoms with van der Waals surface area (Å²) in [5.74, 6) is 5.52. The van der Waals surface area contributed by atoms with Crippen LogP contribution in [0.5, 0.6) is 0 Å². The summed E-state index contributed by atoms with van der Waals surface area (Å²) < 4.78 is 0. The van der Waals surface area contributed by atoms with Crippen LogP contribution in [0.2, 0.25) is 5.02 Å². The molecule has 4 N–H and O–H groups in total. The number of benzene rings is 1. The summed E-state index contributed by atoms with van der Waals surface area (Å²) >= 11 is 5.84. The van der Waals surface area contributed by atoms with E-state index in [2.05, 4.69) is 15.7 Å². The number of aromatic nitrogens is 1. The summed E-state index contributed by atoms with van der Waals surface area (Å²) in [4.78, 5) is 16.1. The van der Waals surface area contributed by atoms with Crippen molar-refractivity contribution >= 4 is 23.3 Å². The predicted molar refractivity (Wildman–Crippen MR) is 79.4 cm³/mol. The highest BCUT2D eigenvalue weighted by Gasteiger charge is 2.12. The molecule has 0 spiro atoms. The van der Waals surface area contributed by atoms with Crippen molar-refractivity contribution in [2.75, 3.05) is 5.43 Å². The van der Waals surface area contributed by atoms with Crippen molar-refractivity contribution in [3.05, 3.63) is 58.7 Å². The number of nitrogen functional groups attached to an aromatic ring is 1. The number of hydrogen-bond donors (Lipinski definition) is 3. The van der Waals surface area contributed by atoms with Crippen LogP contribution in [0.1, 0.15) is 28.9 Å². The molecule has 0 fully saturated rings. The summed E-state index contributed by atoms with van der Waals surface area (Å²) in [6.07, 6.45) is 1.52. The molecule has 0 radical (unpaired) electrons. The van der Waals surface area contributed by atoms with Crippen molar-refractivity contribution in [3.8, 4) is 0 Å². The average Bonchev–Trinajstić information content (AvgIpc) is 2.47. The highest BCUT2D eigenvalue weighted by atomic mass is 35.5. The Hall–Kier alpha value is -2.11. The summed E-state index contributed by atoms with van der Waals surface area (Å²) in [5.41, 5.74) is 3.88. The number of carbonyl (C=O) groups is 1. The van der Waals surface area contributed by atoms with E-state index in [9.17, 15) is 4.79 Å². The van der Waals surface area contributed by atoms with Crippen LogP contribution in [0.4, 0.5) is 5.82 Å². The van der Waals surface area contributed by atoms with E-state index in [1.807, 2.05) is 19.1 Å². The Kier molecular flexibility index (Phi) is 4.55. The number of amides is 1. The number of halogens is 1. The third-order valence-electron chi connectivity index (χ3n) is 2.89. The van der Waals surface area contributed by atoms with Gasteiger partial charge < -0.3 is 10.7 Å². The second-order valence-electron chi connectivity index (χ2n) is 4.32. The maximum Gasteiger partial charge on any atom is 0.251 e. The topological polar surface area (TPSA) is 80.0 Å². The van der Waals surface area contributed by atoms with E-state index >= 15 is 0 Å². The molecular weight excluding hydrogens is 276 g/mol. The van der Waals surface area contributed by atoms with Crippen molar-refractivity contribution in [2.45, 2.75) is 13.0 Å². The normalized spacial score (nSPS) is 11.8. The van der Waals surface area contributed by atoms with Crippen LogP contribution in [0.25, 0.3) is 0 Å². The van der Waals surface area contributed by atoms with Gasteiger partial charge in [-0.1, -0.05) is 23.7 Å². The Morgan fingerprint density at radius 2 is 2.00 bits per heavy atom. The third-order valence-corrected chi connectivity index (χ3v) is 3.14. The molecule has 0 bridgehead atoms. The number of nitrogens with one attached hydrogen (secondary N) is 2. The smallest absolute Gasteiger partial charge is 0.251 e. The lowest BCUT2D eigenvalue weighted by atomic mass is 10.1. The molecule has 0 saturated heterocycles. The lowest BCUT2D eigenvalue weighted by molar-refractivity contribution is 0.0940. The minimum Gasteiger partial charge on any atom is -0.346 e. The zero-order valence-corrected chi connectivity index (χ0v) is 11.7. The monoisotopic (exact) mass is 290 g/mol. The zero-order chi connectivity index (χ0) is 14.5. The Labute approximate surface area is 122 Å². The fraction of sp³-hybridized carbons (Fsp3) is 0.143. The van der Waals surface area contributed by atoms with Crippen LogP contribution < -0.4 is 16.6 Å². The number of hydrogen-bond acceptors (Lipinski definition) is 4. The highest BCUT2D eigenvalue weighted by molar-refractivity contribution is 6.30. The number of nitrogens with two attached hydrogens (primary N) is 1. The van der Waals surface area contributed by atoms with Gasteiger partial charge in [-0.2, -0.15) is 0 Å². The van der Waals surface area contributed by atoms with Gasteiger partial charge in [-0.25, -0.2) is 10.8 Å². The Morgan fingerprint density at radius 1 is 1.30 bits per heavy atom. The van der Waals surface area contributed by atoms with Crippen LogP contribution in [-0.4, -0.2) is 10.9 Å². The quantitative estimate of drug-likeness (QED) is 0.597. The summed E-state index contributed by atoms with van der Waals surface area (Å²) in [5, 5.41) is 3.57. The van der Waals surface area contributed by atoms with Gasteiger partial charge >= 0.3 is 0 Å². The van der Waals surface area contributed by atoms with Gasteiger partial charge in [0.1, 0.15) is 5.82 Å². The predicted octanol–water partition coefficient (Wildman–Crippen LogP) is 2.51. The van der Waals surface area contributed by atoms with Gasteiger partial charge in [0.15, 0.2) is 0 Å². The van der Waals surface area contributed by atoms with E-state index in [4.69, 9.17) is 17.4 Å². The van der Waals surface area contributed by atoms with E-state index in [0.717, 1.165) is 5.56 Å². The van der Waals surface area contributed by atoms with E-state index in [0.29, 0.717) is 16.4 Å². The number of anilines is 1. The SMILES string of the molecule is CC(NC(=O)c1ccnc(NN)c1)c1ccc(Cl)cc1. The summed E-state index contributed by atoms with van der Waals surface area (Å²) in [7, 11) is 0. The molecule has 20 heavy (non-hydrogen) atoms. The summed E-state index contributed by atoms with van der Waals surface area (Å²) in [6, 6.07) is 10.4. The zero-order valence-electron chi connectivity index (χ0n) is 10.9. The number of pyridine rings is 1. The number of carbonyl (C=O) groups excluding carboxylic acids is 1. The summed E-state index contributed by atoms with van der Waals surface area (Å²) in [6.45, 7) is 1.91. The van der Waals surface area contributed by atoms with Gasteiger partial charge in [0, 0.05) is 16.8 Å². The van der Waals surface area contributed by atoms with Crippen molar-refractivity contribution in [3.63, 3.8) is 0 Å². The van der Waals surface area contributed by atoms with E-state index in [-0.39, 0.29) is 11.9 Å². The second-order valence-corrected chi connectivity index (χ2v) is 4.76. The number of rotatable bonds is 4. The van der Waals surface area contributed by atoms with E-state index in [1.165, 1.54) is 6.20 Å². The molecule has 0 aliphatic heterocycles. The van der Waals surface area contributed by atoms with E-state index in [1.54, 1.807) is 24.3 Å². The molecule has 1 amide bonds. The van der Waals surface area contributed by atoms with Gasteiger partial charge in [0.25, 0.3) is 5.91 Å². The maximum absolute atomic E-state index is 12.1. The van der Waals surface area contributed by atoms with Gasteiger partial charge in [-0.05, 0) is 36.8 Å². The molecule has 6 heteroatoms. The van der Waals surface area contributed by atoms with Crippen molar-refractivity contribution in [1.82, 2.24) is 10.3 Å². The molecule has 0 aliphatic rings. The fourth-order valence-corrected chi connectivity index (χ4v) is 1.89. The fourth-order valence-electron chi connectivity index (χ4n) is 1.77. The first-order valence-electron chi connectivity index (χ1n) is 6.09.